The van der Waals surface area contributed by atoms with Crippen LogP contribution >= 0.6 is 22.9 Å². The summed E-state index contributed by atoms with van der Waals surface area (Å²) < 4.78 is 1.15. The van der Waals surface area contributed by atoms with Crippen molar-refractivity contribution in [2.75, 3.05) is 5.32 Å². The van der Waals surface area contributed by atoms with E-state index in [0.29, 0.717) is 10.6 Å². The van der Waals surface area contributed by atoms with Crippen molar-refractivity contribution in [2.45, 2.75) is 6.92 Å². The van der Waals surface area contributed by atoms with Crippen molar-refractivity contribution in [3.63, 3.8) is 0 Å². The number of fused-ring (bicyclic) bond motifs is 1. The van der Waals surface area contributed by atoms with Crippen LogP contribution in [0.15, 0.2) is 36.4 Å². The standard InChI is InChI=1S/C15H10ClN3S/c1-9-2-5-13-14(6-9)20-15(19-13)18-11-4-3-10(8-17)12(16)7-11/h2-7H,1H3,(H,18,19). The van der Waals surface area contributed by atoms with Gasteiger partial charge in [0, 0.05) is 5.69 Å². The van der Waals surface area contributed by atoms with Gasteiger partial charge in [-0.05, 0) is 42.8 Å². The van der Waals surface area contributed by atoms with Crippen LogP contribution in [0.1, 0.15) is 11.1 Å². The van der Waals surface area contributed by atoms with E-state index < -0.39 is 0 Å². The zero-order chi connectivity index (χ0) is 14.1. The molecule has 3 aromatic rings. The Morgan fingerprint density at radius 1 is 1.25 bits per heavy atom. The maximum atomic E-state index is 8.86. The minimum absolute atomic E-state index is 0.439. The molecule has 0 aliphatic carbocycles. The summed E-state index contributed by atoms with van der Waals surface area (Å²) in [4.78, 5) is 4.52. The SMILES string of the molecule is Cc1ccc2nc(Nc3ccc(C#N)c(Cl)c3)sc2c1. The Morgan fingerprint density at radius 3 is 2.85 bits per heavy atom. The van der Waals surface area contributed by atoms with E-state index in [1.54, 1.807) is 23.5 Å². The van der Waals surface area contributed by atoms with Gasteiger partial charge in [0.25, 0.3) is 0 Å². The highest BCUT2D eigenvalue weighted by Crippen LogP contribution is 2.30. The zero-order valence-electron chi connectivity index (χ0n) is 10.6. The number of hydrogen-bond donors (Lipinski definition) is 1. The first-order chi connectivity index (χ1) is 9.65. The highest BCUT2D eigenvalue weighted by atomic mass is 35.5. The summed E-state index contributed by atoms with van der Waals surface area (Å²) in [7, 11) is 0. The lowest BCUT2D eigenvalue weighted by molar-refractivity contribution is 1.42. The number of anilines is 2. The lowest BCUT2D eigenvalue weighted by Crippen LogP contribution is -1.89. The summed E-state index contributed by atoms with van der Waals surface area (Å²) in [5.41, 5.74) is 3.49. The summed E-state index contributed by atoms with van der Waals surface area (Å²) in [6.45, 7) is 2.06. The second kappa shape index (κ2) is 5.12. The van der Waals surface area contributed by atoms with Crippen LogP contribution in [-0.2, 0) is 0 Å². The Kier molecular flexibility index (Phi) is 3.31. The third-order valence-corrected chi connectivity index (χ3v) is 4.13. The first kappa shape index (κ1) is 12.9. The molecule has 0 radical (unpaired) electrons. The van der Waals surface area contributed by atoms with Crippen molar-refractivity contribution in [3.05, 3.63) is 52.5 Å². The molecule has 0 saturated carbocycles. The monoisotopic (exact) mass is 299 g/mol. The quantitative estimate of drug-likeness (QED) is 0.734. The summed E-state index contributed by atoms with van der Waals surface area (Å²) in [5.74, 6) is 0. The molecular formula is C15H10ClN3S. The molecule has 3 nitrogen and oxygen atoms in total. The van der Waals surface area contributed by atoms with Gasteiger partial charge in [0.05, 0.1) is 20.8 Å². The molecule has 1 N–H and O–H groups in total. The number of aryl methyl sites for hydroxylation is 1. The van der Waals surface area contributed by atoms with E-state index in [0.717, 1.165) is 21.0 Å². The Hall–Kier alpha value is -2.09. The van der Waals surface area contributed by atoms with Crippen LogP contribution in [0.3, 0.4) is 0 Å². The van der Waals surface area contributed by atoms with E-state index >= 15 is 0 Å². The predicted octanol–water partition coefficient (Wildman–Crippen LogP) is 4.87. The Morgan fingerprint density at radius 2 is 2.10 bits per heavy atom. The molecule has 0 unspecified atom stereocenters. The van der Waals surface area contributed by atoms with Crippen molar-refractivity contribution in [2.24, 2.45) is 0 Å². The molecule has 0 amide bonds. The highest BCUT2D eigenvalue weighted by Gasteiger charge is 2.06. The largest absolute Gasteiger partial charge is 0.331 e. The summed E-state index contributed by atoms with van der Waals surface area (Å²) in [5, 5.41) is 13.3. The number of nitrogens with one attached hydrogen (secondary N) is 1. The van der Waals surface area contributed by atoms with Gasteiger partial charge in [-0.1, -0.05) is 29.0 Å². The van der Waals surface area contributed by atoms with Gasteiger partial charge in [0.2, 0.25) is 0 Å². The van der Waals surface area contributed by atoms with Crippen molar-refractivity contribution in [3.8, 4) is 6.07 Å². The van der Waals surface area contributed by atoms with Gasteiger partial charge in [0.15, 0.2) is 5.13 Å². The number of nitrogens with zero attached hydrogens (tertiary/aromatic N) is 2. The third-order valence-electron chi connectivity index (χ3n) is 2.88. The van der Waals surface area contributed by atoms with Gasteiger partial charge in [-0.15, -0.1) is 0 Å². The first-order valence-corrected chi connectivity index (χ1v) is 7.19. The molecule has 0 bridgehead atoms. The topological polar surface area (TPSA) is 48.7 Å². The van der Waals surface area contributed by atoms with Crippen LogP contribution in [-0.4, -0.2) is 4.98 Å². The summed E-state index contributed by atoms with van der Waals surface area (Å²) in [6, 6.07) is 13.5. The molecule has 0 aliphatic heterocycles. The fourth-order valence-corrected chi connectivity index (χ4v) is 3.10. The molecule has 1 heterocycles. The smallest absolute Gasteiger partial charge is 0.188 e. The second-order valence-corrected chi connectivity index (χ2v) is 5.86. The van der Waals surface area contributed by atoms with Gasteiger partial charge < -0.3 is 5.32 Å². The minimum Gasteiger partial charge on any atom is -0.331 e. The molecular weight excluding hydrogens is 290 g/mol. The molecule has 20 heavy (non-hydrogen) atoms. The van der Waals surface area contributed by atoms with E-state index in [4.69, 9.17) is 16.9 Å². The van der Waals surface area contributed by atoms with E-state index in [1.165, 1.54) is 5.56 Å². The Labute approximate surface area is 125 Å². The van der Waals surface area contributed by atoms with Crippen molar-refractivity contribution in [1.82, 2.24) is 4.98 Å². The van der Waals surface area contributed by atoms with Gasteiger partial charge >= 0.3 is 0 Å². The molecule has 3 rings (SSSR count). The predicted molar refractivity (Wildman–Crippen MR) is 83.8 cm³/mol. The molecule has 0 spiro atoms. The summed E-state index contributed by atoms with van der Waals surface area (Å²) in [6.07, 6.45) is 0. The number of thiazole rings is 1. The molecule has 0 aliphatic rings. The lowest BCUT2D eigenvalue weighted by atomic mass is 10.2. The average molecular weight is 300 g/mol. The van der Waals surface area contributed by atoms with E-state index in [2.05, 4.69) is 23.3 Å². The molecule has 98 valence electrons. The van der Waals surface area contributed by atoms with Gasteiger partial charge in [-0.2, -0.15) is 5.26 Å². The number of rotatable bonds is 2. The van der Waals surface area contributed by atoms with Crippen molar-refractivity contribution in [1.29, 1.82) is 5.26 Å². The fraction of sp³-hybridized carbons (Fsp3) is 0.0667. The molecule has 0 fully saturated rings. The second-order valence-electron chi connectivity index (χ2n) is 4.42. The number of halogens is 1. The van der Waals surface area contributed by atoms with E-state index in [1.807, 2.05) is 24.3 Å². The van der Waals surface area contributed by atoms with Crippen molar-refractivity contribution < 1.29 is 0 Å². The maximum absolute atomic E-state index is 8.86. The number of benzene rings is 2. The highest BCUT2D eigenvalue weighted by molar-refractivity contribution is 7.22. The molecule has 0 saturated heterocycles. The van der Waals surface area contributed by atoms with Gasteiger partial charge in [-0.25, -0.2) is 4.98 Å². The summed E-state index contributed by atoms with van der Waals surface area (Å²) >= 11 is 7.61. The molecule has 0 atom stereocenters. The van der Waals surface area contributed by atoms with E-state index in [-0.39, 0.29) is 0 Å². The van der Waals surface area contributed by atoms with Crippen LogP contribution in [0.4, 0.5) is 10.8 Å². The average Bonchev–Trinajstić information content (AvgIpc) is 2.80. The normalized spacial score (nSPS) is 10.4. The van der Waals surface area contributed by atoms with Crippen LogP contribution in [0.2, 0.25) is 5.02 Å². The van der Waals surface area contributed by atoms with Crippen LogP contribution in [0.25, 0.3) is 10.2 Å². The van der Waals surface area contributed by atoms with Crippen molar-refractivity contribution >= 4 is 44.0 Å². The lowest BCUT2D eigenvalue weighted by Gasteiger charge is -2.03. The fourth-order valence-electron chi connectivity index (χ4n) is 1.89. The number of aromatic nitrogens is 1. The number of nitriles is 1. The van der Waals surface area contributed by atoms with E-state index in [9.17, 15) is 0 Å². The Balaban J connectivity index is 1.93. The first-order valence-electron chi connectivity index (χ1n) is 5.99. The van der Waals surface area contributed by atoms with Crippen LogP contribution in [0.5, 0.6) is 0 Å². The molecule has 2 aromatic carbocycles. The van der Waals surface area contributed by atoms with Gasteiger partial charge in [0.1, 0.15) is 6.07 Å². The van der Waals surface area contributed by atoms with Gasteiger partial charge in [-0.3, -0.25) is 0 Å². The van der Waals surface area contributed by atoms with Crippen LogP contribution in [0, 0.1) is 18.3 Å². The Bertz CT molecular complexity index is 833. The van der Waals surface area contributed by atoms with Crippen LogP contribution < -0.4 is 5.32 Å². The maximum Gasteiger partial charge on any atom is 0.188 e. The molecule has 1 aromatic heterocycles. The minimum atomic E-state index is 0.439. The third kappa shape index (κ3) is 2.46. The molecule has 5 heteroatoms. The zero-order valence-corrected chi connectivity index (χ0v) is 12.2. The number of hydrogen-bond acceptors (Lipinski definition) is 4.